The number of esters is 1. The van der Waals surface area contributed by atoms with E-state index in [4.69, 9.17) is 13.9 Å². The maximum Gasteiger partial charge on any atom is 0.303 e. The van der Waals surface area contributed by atoms with E-state index in [0.717, 1.165) is 5.56 Å². The summed E-state index contributed by atoms with van der Waals surface area (Å²) in [6.07, 6.45) is -1.88. The second-order valence-corrected chi connectivity index (χ2v) is 13.3. The first-order valence-electron chi connectivity index (χ1n) is 9.20. The lowest BCUT2D eigenvalue weighted by Gasteiger charge is -2.37. The van der Waals surface area contributed by atoms with Crippen LogP contribution in [0.25, 0.3) is 0 Å². The quantitative estimate of drug-likeness (QED) is 0.606. The van der Waals surface area contributed by atoms with E-state index < -0.39 is 32.6 Å². The molecule has 5 nitrogen and oxygen atoms in total. The molecule has 1 aromatic carbocycles. The highest BCUT2D eigenvalue weighted by Crippen LogP contribution is 2.37. The number of hydrogen-bond donors (Lipinski definition) is 1. The molecule has 4 unspecified atom stereocenters. The van der Waals surface area contributed by atoms with Crippen molar-refractivity contribution < 1.29 is 23.8 Å². The molecule has 0 amide bonds. The van der Waals surface area contributed by atoms with Crippen LogP contribution in [0.3, 0.4) is 0 Å². The van der Waals surface area contributed by atoms with Gasteiger partial charge < -0.3 is 19.0 Å². The van der Waals surface area contributed by atoms with Crippen LogP contribution < -0.4 is 0 Å². The predicted molar refractivity (Wildman–Crippen MR) is 104 cm³/mol. The fourth-order valence-corrected chi connectivity index (χ4v) is 3.82. The van der Waals surface area contributed by atoms with E-state index in [1.807, 2.05) is 30.3 Å². The van der Waals surface area contributed by atoms with Crippen LogP contribution in [0.5, 0.6) is 0 Å². The highest BCUT2D eigenvalue weighted by molar-refractivity contribution is 6.74. The predicted octanol–water partition coefficient (Wildman–Crippen LogP) is 3.31. The normalized spacial score (nSPS) is 26.7. The third-order valence-electron chi connectivity index (χ3n) is 5.43. The van der Waals surface area contributed by atoms with Gasteiger partial charge in [0.15, 0.2) is 14.4 Å². The van der Waals surface area contributed by atoms with Gasteiger partial charge in [-0.15, -0.1) is 0 Å². The largest absolute Gasteiger partial charge is 0.457 e. The summed E-state index contributed by atoms with van der Waals surface area (Å²) in [5.41, 5.74) is 1.08. The van der Waals surface area contributed by atoms with Gasteiger partial charge in [-0.2, -0.15) is 0 Å². The highest BCUT2D eigenvalue weighted by atomic mass is 28.4. The standard InChI is InChI=1S/C20H32O5Si/c1-14(21)24-19-16(12-15-10-8-7-9-11-15)25-17(18(19)22)13-23-26(5,6)20(2,3)4/h7-11,16-19,22H,12-13H2,1-6H3. The Kier molecular flexibility index (Phi) is 6.66. The molecular weight excluding hydrogens is 348 g/mol. The molecule has 2 rings (SSSR count). The van der Waals surface area contributed by atoms with E-state index in [1.54, 1.807) is 0 Å². The van der Waals surface area contributed by atoms with Crippen LogP contribution in [-0.4, -0.2) is 50.4 Å². The van der Waals surface area contributed by atoms with Gasteiger partial charge in [-0.05, 0) is 23.7 Å². The molecule has 0 bridgehead atoms. The van der Waals surface area contributed by atoms with Crippen molar-refractivity contribution in [2.45, 2.75) is 76.7 Å². The van der Waals surface area contributed by atoms with Gasteiger partial charge in [0.1, 0.15) is 18.3 Å². The second-order valence-electron chi connectivity index (χ2n) is 8.54. The van der Waals surface area contributed by atoms with Gasteiger partial charge >= 0.3 is 5.97 Å². The lowest BCUT2D eigenvalue weighted by Crippen LogP contribution is -2.45. The van der Waals surface area contributed by atoms with Crippen molar-refractivity contribution in [1.29, 1.82) is 0 Å². The molecule has 0 saturated carbocycles. The first kappa shape index (κ1) is 21.1. The maximum atomic E-state index is 11.5. The van der Waals surface area contributed by atoms with Crippen LogP contribution in [0.15, 0.2) is 30.3 Å². The zero-order chi connectivity index (χ0) is 19.5. The van der Waals surface area contributed by atoms with Gasteiger partial charge in [0.2, 0.25) is 0 Å². The SMILES string of the molecule is CC(=O)OC1C(Cc2ccccc2)OC(CO[Si](C)(C)C(C)(C)C)C1O. The number of aliphatic hydroxyl groups excluding tert-OH is 1. The third-order valence-corrected chi connectivity index (χ3v) is 9.93. The van der Waals surface area contributed by atoms with Crippen LogP contribution in [0.2, 0.25) is 18.1 Å². The number of hydrogen-bond acceptors (Lipinski definition) is 5. The molecule has 146 valence electrons. The van der Waals surface area contributed by atoms with E-state index in [-0.39, 0.29) is 11.1 Å². The average Bonchev–Trinajstić information content (AvgIpc) is 2.81. The first-order chi connectivity index (χ1) is 12.0. The average molecular weight is 381 g/mol. The molecule has 26 heavy (non-hydrogen) atoms. The summed E-state index contributed by atoms with van der Waals surface area (Å²) < 4.78 is 17.7. The maximum absolute atomic E-state index is 11.5. The molecule has 1 fully saturated rings. The van der Waals surface area contributed by atoms with Crippen molar-refractivity contribution in [1.82, 2.24) is 0 Å². The van der Waals surface area contributed by atoms with E-state index >= 15 is 0 Å². The van der Waals surface area contributed by atoms with Gasteiger partial charge in [0, 0.05) is 13.3 Å². The monoisotopic (exact) mass is 380 g/mol. The second kappa shape index (κ2) is 8.21. The molecule has 0 aromatic heterocycles. The molecule has 1 aromatic rings. The summed E-state index contributed by atoms with van der Waals surface area (Å²) in [5.74, 6) is -0.415. The minimum absolute atomic E-state index is 0.0787. The molecule has 0 aliphatic carbocycles. The Balaban J connectivity index is 2.08. The summed E-state index contributed by atoms with van der Waals surface area (Å²) >= 11 is 0. The molecule has 1 N–H and O–H groups in total. The third kappa shape index (κ3) is 5.16. The molecule has 4 atom stereocenters. The summed E-state index contributed by atoms with van der Waals surface area (Å²) in [7, 11) is -1.95. The van der Waals surface area contributed by atoms with Gasteiger partial charge in [-0.25, -0.2) is 0 Å². The molecule has 1 aliphatic rings. The van der Waals surface area contributed by atoms with Crippen molar-refractivity contribution in [3.8, 4) is 0 Å². The molecule has 1 heterocycles. The van der Waals surface area contributed by atoms with Crippen molar-refractivity contribution in [2.75, 3.05) is 6.61 Å². The van der Waals surface area contributed by atoms with E-state index in [2.05, 4.69) is 33.9 Å². The van der Waals surface area contributed by atoms with Gasteiger partial charge in [0.25, 0.3) is 0 Å². The minimum atomic E-state index is -1.95. The number of rotatable bonds is 6. The smallest absolute Gasteiger partial charge is 0.303 e. The number of ether oxygens (including phenoxy) is 2. The topological polar surface area (TPSA) is 65.0 Å². The summed E-state index contributed by atoms with van der Waals surface area (Å²) in [4.78, 5) is 11.5. The lowest BCUT2D eigenvalue weighted by atomic mass is 10.0. The number of carbonyl (C=O) groups is 1. The van der Waals surface area contributed by atoms with Gasteiger partial charge in [-0.3, -0.25) is 4.79 Å². The Hall–Kier alpha value is -1.21. The fourth-order valence-electron chi connectivity index (χ4n) is 2.81. The van der Waals surface area contributed by atoms with Crippen molar-refractivity contribution in [2.24, 2.45) is 0 Å². The minimum Gasteiger partial charge on any atom is -0.457 e. The van der Waals surface area contributed by atoms with E-state index in [1.165, 1.54) is 6.92 Å². The Labute approximate surface area is 157 Å². The van der Waals surface area contributed by atoms with Crippen LogP contribution >= 0.6 is 0 Å². The van der Waals surface area contributed by atoms with E-state index in [9.17, 15) is 9.90 Å². The summed E-state index contributed by atoms with van der Waals surface area (Å²) in [6.45, 7) is 12.5. The molecule has 1 saturated heterocycles. The van der Waals surface area contributed by atoms with E-state index in [0.29, 0.717) is 13.0 Å². The van der Waals surface area contributed by atoms with Crippen LogP contribution in [0.4, 0.5) is 0 Å². The highest BCUT2D eigenvalue weighted by Gasteiger charge is 2.47. The van der Waals surface area contributed by atoms with Crippen LogP contribution in [0.1, 0.15) is 33.3 Å². The number of benzene rings is 1. The van der Waals surface area contributed by atoms with Crippen LogP contribution in [0, 0.1) is 0 Å². The lowest BCUT2D eigenvalue weighted by molar-refractivity contribution is -0.152. The fraction of sp³-hybridized carbons (Fsp3) is 0.650. The first-order valence-corrected chi connectivity index (χ1v) is 12.1. The number of aliphatic hydroxyl groups is 1. The number of carbonyl (C=O) groups excluding carboxylic acids is 1. The Morgan fingerprint density at radius 3 is 2.35 bits per heavy atom. The van der Waals surface area contributed by atoms with Crippen molar-refractivity contribution >= 4 is 14.3 Å². The Morgan fingerprint density at radius 2 is 1.81 bits per heavy atom. The van der Waals surface area contributed by atoms with Crippen molar-refractivity contribution in [3.63, 3.8) is 0 Å². The zero-order valence-electron chi connectivity index (χ0n) is 16.7. The molecule has 0 spiro atoms. The summed E-state index contributed by atoms with van der Waals surface area (Å²) in [5, 5.41) is 10.8. The molecule has 6 heteroatoms. The van der Waals surface area contributed by atoms with Gasteiger partial charge in [0.05, 0.1) is 6.61 Å². The molecule has 1 aliphatic heterocycles. The molecular formula is C20H32O5Si. The van der Waals surface area contributed by atoms with Crippen LogP contribution in [-0.2, 0) is 25.1 Å². The zero-order valence-corrected chi connectivity index (χ0v) is 17.7. The van der Waals surface area contributed by atoms with Crippen molar-refractivity contribution in [3.05, 3.63) is 35.9 Å². The molecule has 0 radical (unpaired) electrons. The van der Waals surface area contributed by atoms with Gasteiger partial charge in [-0.1, -0.05) is 51.1 Å². The Bertz CT molecular complexity index is 596. The summed E-state index contributed by atoms with van der Waals surface area (Å²) in [6, 6.07) is 9.87. The Morgan fingerprint density at radius 1 is 1.19 bits per heavy atom.